The Morgan fingerprint density at radius 1 is 1.09 bits per heavy atom. The molecule has 180 valence electrons. The fourth-order valence-corrected chi connectivity index (χ4v) is 4.76. The zero-order valence-corrected chi connectivity index (χ0v) is 18.2. The summed E-state index contributed by atoms with van der Waals surface area (Å²) in [5, 5.41) is 61.3. The van der Waals surface area contributed by atoms with Crippen molar-refractivity contribution in [3.05, 3.63) is 45.0 Å². The lowest BCUT2D eigenvalue weighted by Crippen LogP contribution is -2.34. The molecule has 0 bridgehead atoms. The number of phenolic OH excluding ortho intramolecular Hbond substituents is 2. The number of carbonyl (C=O) groups is 3. The van der Waals surface area contributed by atoms with Crippen molar-refractivity contribution in [3.63, 3.8) is 0 Å². The van der Waals surface area contributed by atoms with Crippen LogP contribution in [0.1, 0.15) is 72.3 Å². The van der Waals surface area contributed by atoms with Crippen LogP contribution in [0, 0.1) is 6.92 Å². The normalized spacial score (nSPS) is 21.7. The molecule has 1 aliphatic carbocycles. The third kappa shape index (κ3) is 3.28. The van der Waals surface area contributed by atoms with Crippen molar-refractivity contribution in [2.24, 2.45) is 0 Å². The Morgan fingerprint density at radius 3 is 2.32 bits per heavy atom. The van der Waals surface area contributed by atoms with Crippen LogP contribution in [0.25, 0.3) is 0 Å². The number of fused-ring (bicyclic) bond motifs is 2. The monoisotopic (exact) mass is 474 g/mol. The minimum absolute atomic E-state index is 0.0621. The molecule has 0 amide bonds. The van der Waals surface area contributed by atoms with Gasteiger partial charge in [-0.2, -0.15) is 0 Å². The highest BCUT2D eigenvalue weighted by Gasteiger charge is 2.43. The minimum atomic E-state index is -1.52. The molecule has 11 heteroatoms. The second-order valence-corrected chi connectivity index (χ2v) is 8.23. The molecule has 2 aromatic rings. The molecule has 0 aromatic heterocycles. The molecule has 0 radical (unpaired) electrons. The number of hydrogen-bond acceptors (Lipinski definition) is 10. The maximum Gasteiger partial charge on any atom is 0.339 e. The van der Waals surface area contributed by atoms with Gasteiger partial charge in [0.1, 0.15) is 17.1 Å². The molecular weight excluding hydrogens is 452 g/mol. The lowest BCUT2D eigenvalue weighted by atomic mass is 9.78. The summed E-state index contributed by atoms with van der Waals surface area (Å²) < 4.78 is 10.9. The summed E-state index contributed by atoms with van der Waals surface area (Å²) in [7, 11) is 1.16. The molecule has 3 atom stereocenters. The molecule has 2 aromatic carbocycles. The van der Waals surface area contributed by atoms with E-state index in [0.717, 1.165) is 13.2 Å². The topological polar surface area (TPSA) is 191 Å². The predicted octanol–water partition coefficient (Wildman–Crippen LogP) is 1.17. The number of phenols is 3. The van der Waals surface area contributed by atoms with Gasteiger partial charge in [0, 0.05) is 24.0 Å². The molecule has 1 heterocycles. The van der Waals surface area contributed by atoms with E-state index < -0.39 is 76.4 Å². The van der Waals surface area contributed by atoms with E-state index in [0.29, 0.717) is 0 Å². The molecule has 1 aliphatic heterocycles. The predicted molar refractivity (Wildman–Crippen MR) is 113 cm³/mol. The molecule has 1 unspecified atom stereocenters. The molecule has 2 aliphatic rings. The van der Waals surface area contributed by atoms with Crippen molar-refractivity contribution in [3.8, 4) is 23.0 Å². The first kappa shape index (κ1) is 23.5. The first-order valence-corrected chi connectivity index (χ1v) is 10.3. The quantitative estimate of drug-likeness (QED) is 0.297. The Hall–Kier alpha value is -3.67. The van der Waals surface area contributed by atoms with E-state index in [-0.39, 0.29) is 40.8 Å². The van der Waals surface area contributed by atoms with Gasteiger partial charge in [0.25, 0.3) is 0 Å². The summed E-state index contributed by atoms with van der Waals surface area (Å²) in [5.41, 5.74) is -2.80. The number of aromatic hydroxyl groups is 3. The van der Waals surface area contributed by atoms with E-state index in [1.165, 1.54) is 6.92 Å². The van der Waals surface area contributed by atoms with Crippen LogP contribution in [0.5, 0.6) is 23.0 Å². The lowest BCUT2D eigenvalue weighted by molar-refractivity contribution is -0.114. The highest BCUT2D eigenvalue weighted by molar-refractivity contribution is 6.31. The number of carbonyl (C=O) groups excluding carboxylic acids is 2. The van der Waals surface area contributed by atoms with Crippen LogP contribution in [0.3, 0.4) is 0 Å². The average molecular weight is 474 g/mol. The summed E-state index contributed by atoms with van der Waals surface area (Å²) in [6.07, 6.45) is -2.77. The Balaban J connectivity index is 2.00. The Morgan fingerprint density at radius 2 is 1.74 bits per heavy atom. The summed E-state index contributed by atoms with van der Waals surface area (Å²) in [4.78, 5) is 38.4. The molecule has 1 saturated heterocycles. The fourth-order valence-electron chi connectivity index (χ4n) is 4.76. The molecular formula is C23H22O11. The first-order valence-electron chi connectivity index (χ1n) is 10.3. The van der Waals surface area contributed by atoms with Gasteiger partial charge in [-0.25, -0.2) is 4.79 Å². The van der Waals surface area contributed by atoms with Gasteiger partial charge in [-0.15, -0.1) is 0 Å². The molecule has 34 heavy (non-hydrogen) atoms. The summed E-state index contributed by atoms with van der Waals surface area (Å²) in [5.74, 6) is -6.01. The van der Waals surface area contributed by atoms with Gasteiger partial charge in [0.05, 0.1) is 48.7 Å². The van der Waals surface area contributed by atoms with Crippen LogP contribution in [-0.4, -0.2) is 74.1 Å². The van der Waals surface area contributed by atoms with E-state index in [1.807, 2.05) is 0 Å². The molecule has 0 spiro atoms. The lowest BCUT2D eigenvalue weighted by Gasteiger charge is -2.34. The standard InChI is InChI=1S/C23H22O11/c1-7-13-10(5-11(26)14(7)23(31)32)18(27)16-17(19(13)28)20(29)15(22(33-2)21(16)30)12-4-8(25)3-9(6-24)34-12/h5,8-9,12,24-26,29-30H,3-4,6H2,1-2H3,(H,31,32)/t8-,9-,12?/m0/s1. The first-order chi connectivity index (χ1) is 16.0. The van der Waals surface area contributed by atoms with E-state index in [4.69, 9.17) is 9.47 Å². The number of ether oxygens (including phenoxy) is 2. The van der Waals surface area contributed by atoms with E-state index in [2.05, 4.69) is 0 Å². The van der Waals surface area contributed by atoms with Crippen LogP contribution in [0.2, 0.25) is 0 Å². The van der Waals surface area contributed by atoms with Crippen molar-refractivity contribution >= 4 is 17.5 Å². The molecule has 0 saturated carbocycles. The number of carboxylic acid groups (broad SMARTS) is 1. The summed E-state index contributed by atoms with van der Waals surface area (Å²) in [6, 6.07) is 0.832. The number of carboxylic acids is 1. The summed E-state index contributed by atoms with van der Waals surface area (Å²) in [6.45, 7) is 0.810. The van der Waals surface area contributed by atoms with Crippen LogP contribution >= 0.6 is 0 Å². The Labute approximate surface area is 192 Å². The second-order valence-electron chi connectivity index (χ2n) is 8.23. The molecule has 11 nitrogen and oxygen atoms in total. The number of benzene rings is 2. The smallest absolute Gasteiger partial charge is 0.339 e. The van der Waals surface area contributed by atoms with Gasteiger partial charge in [0.2, 0.25) is 0 Å². The van der Waals surface area contributed by atoms with Crippen LogP contribution in [0.15, 0.2) is 6.07 Å². The van der Waals surface area contributed by atoms with Crippen LogP contribution in [0.4, 0.5) is 0 Å². The van der Waals surface area contributed by atoms with Crippen LogP contribution < -0.4 is 4.74 Å². The molecule has 6 N–H and O–H groups in total. The third-order valence-electron chi connectivity index (χ3n) is 6.24. The van der Waals surface area contributed by atoms with Gasteiger partial charge < -0.3 is 40.1 Å². The Bertz CT molecular complexity index is 1250. The van der Waals surface area contributed by atoms with Gasteiger partial charge in [-0.1, -0.05) is 0 Å². The summed E-state index contributed by atoms with van der Waals surface area (Å²) >= 11 is 0. The van der Waals surface area contributed by atoms with E-state index in [1.54, 1.807) is 0 Å². The maximum absolute atomic E-state index is 13.5. The Kier molecular flexibility index (Phi) is 5.72. The molecule has 1 fully saturated rings. The van der Waals surface area contributed by atoms with Crippen molar-refractivity contribution in [1.29, 1.82) is 0 Å². The number of ketones is 2. The van der Waals surface area contributed by atoms with Crippen molar-refractivity contribution in [2.45, 2.75) is 38.1 Å². The van der Waals surface area contributed by atoms with E-state index in [9.17, 15) is 45.0 Å². The highest BCUT2D eigenvalue weighted by atomic mass is 16.5. The number of rotatable bonds is 4. The largest absolute Gasteiger partial charge is 0.507 e. The van der Waals surface area contributed by atoms with Gasteiger partial charge in [0.15, 0.2) is 23.1 Å². The number of hydrogen-bond donors (Lipinski definition) is 6. The van der Waals surface area contributed by atoms with Gasteiger partial charge in [-0.05, 0) is 18.6 Å². The van der Waals surface area contributed by atoms with Crippen molar-refractivity contribution < 1.29 is 54.5 Å². The fraction of sp³-hybridized carbons (Fsp3) is 0.348. The molecule has 4 rings (SSSR count). The third-order valence-corrected chi connectivity index (χ3v) is 6.24. The van der Waals surface area contributed by atoms with Crippen molar-refractivity contribution in [1.82, 2.24) is 0 Å². The SMILES string of the molecule is COc1c(O)c2c(c(O)c1C1C[C@@H](O)C[C@@H](CO)O1)C(=O)c1c(cc(O)c(C(=O)O)c1C)C2=O. The minimum Gasteiger partial charge on any atom is -0.507 e. The van der Waals surface area contributed by atoms with Crippen molar-refractivity contribution in [2.75, 3.05) is 13.7 Å². The maximum atomic E-state index is 13.5. The van der Waals surface area contributed by atoms with Gasteiger partial charge in [-0.3, -0.25) is 9.59 Å². The number of aliphatic hydroxyl groups is 2. The van der Waals surface area contributed by atoms with Gasteiger partial charge >= 0.3 is 5.97 Å². The average Bonchev–Trinajstić information content (AvgIpc) is 2.77. The number of aliphatic hydroxyl groups excluding tert-OH is 2. The second kappa shape index (κ2) is 8.28. The zero-order chi connectivity index (χ0) is 25.1. The van der Waals surface area contributed by atoms with E-state index >= 15 is 0 Å². The number of aromatic carboxylic acids is 1. The zero-order valence-electron chi connectivity index (χ0n) is 18.2. The number of methoxy groups -OCH3 is 1. The van der Waals surface area contributed by atoms with Crippen LogP contribution in [-0.2, 0) is 4.74 Å². The highest BCUT2D eigenvalue weighted by Crippen LogP contribution is 2.52.